The number of carboxylic acid groups (broad SMARTS) is 1. The van der Waals surface area contributed by atoms with Gasteiger partial charge in [0.25, 0.3) is 0 Å². The highest BCUT2D eigenvalue weighted by Crippen LogP contribution is 2.34. The van der Waals surface area contributed by atoms with Gasteiger partial charge in [0.05, 0.1) is 17.9 Å². The molecule has 0 saturated carbocycles. The Morgan fingerprint density at radius 3 is 2.52 bits per heavy atom. The molecule has 1 aromatic rings. The number of ether oxygens (including phenoxy) is 1. The summed E-state index contributed by atoms with van der Waals surface area (Å²) in [5, 5.41) is 11.9. The summed E-state index contributed by atoms with van der Waals surface area (Å²) in [6.45, 7) is 5.98. The van der Waals surface area contributed by atoms with Gasteiger partial charge in [-0.25, -0.2) is 0 Å². The van der Waals surface area contributed by atoms with Crippen LogP contribution in [-0.2, 0) is 14.3 Å². The monoisotopic (exact) mass is 319 g/mol. The zero-order chi connectivity index (χ0) is 17.0. The average Bonchev–Trinajstić information content (AvgIpc) is 2.54. The van der Waals surface area contributed by atoms with Crippen LogP contribution in [0.15, 0.2) is 24.3 Å². The number of nitrogens with one attached hydrogen (secondary N) is 1. The first-order valence-corrected chi connectivity index (χ1v) is 8.11. The number of hydrogen-bond donors (Lipinski definition) is 2. The lowest BCUT2D eigenvalue weighted by Gasteiger charge is -2.32. The van der Waals surface area contributed by atoms with Crippen molar-refractivity contribution in [3.8, 4) is 0 Å². The van der Waals surface area contributed by atoms with Gasteiger partial charge in [0.2, 0.25) is 5.91 Å². The second kappa shape index (κ2) is 7.59. The largest absolute Gasteiger partial charge is 0.481 e. The molecular weight excluding hydrogens is 294 g/mol. The highest BCUT2D eigenvalue weighted by Gasteiger charge is 2.34. The zero-order valence-corrected chi connectivity index (χ0v) is 13.9. The van der Waals surface area contributed by atoms with Gasteiger partial charge in [-0.15, -0.1) is 0 Å². The van der Waals surface area contributed by atoms with Crippen LogP contribution in [0.2, 0.25) is 0 Å². The topological polar surface area (TPSA) is 75.6 Å². The van der Waals surface area contributed by atoms with Crippen LogP contribution in [0.3, 0.4) is 0 Å². The minimum Gasteiger partial charge on any atom is -0.481 e. The molecule has 0 bridgehead atoms. The Morgan fingerprint density at radius 1 is 1.26 bits per heavy atom. The van der Waals surface area contributed by atoms with E-state index < -0.39 is 17.9 Å². The van der Waals surface area contributed by atoms with Gasteiger partial charge in [-0.1, -0.05) is 29.8 Å². The molecule has 1 aliphatic rings. The number of carbonyl (C=O) groups excluding carboxylic acids is 1. The van der Waals surface area contributed by atoms with Crippen LogP contribution in [0.1, 0.15) is 43.9 Å². The summed E-state index contributed by atoms with van der Waals surface area (Å²) in [4.78, 5) is 23.6. The maximum Gasteiger partial charge on any atom is 0.308 e. The van der Waals surface area contributed by atoms with Crippen LogP contribution in [0, 0.1) is 18.8 Å². The van der Waals surface area contributed by atoms with Crippen LogP contribution < -0.4 is 5.32 Å². The van der Waals surface area contributed by atoms with E-state index in [0.717, 1.165) is 24.0 Å². The first-order chi connectivity index (χ1) is 10.9. The van der Waals surface area contributed by atoms with Crippen molar-refractivity contribution in [3.63, 3.8) is 0 Å². The maximum absolute atomic E-state index is 12.6. The summed E-state index contributed by atoms with van der Waals surface area (Å²) < 4.78 is 5.85. The van der Waals surface area contributed by atoms with Crippen LogP contribution in [0.5, 0.6) is 0 Å². The van der Waals surface area contributed by atoms with Gasteiger partial charge < -0.3 is 15.2 Å². The lowest BCUT2D eigenvalue weighted by Crippen LogP contribution is -2.45. The lowest BCUT2D eigenvalue weighted by molar-refractivity contribution is -0.143. The fourth-order valence-corrected chi connectivity index (χ4v) is 2.80. The molecule has 0 spiro atoms. The van der Waals surface area contributed by atoms with Gasteiger partial charge in [0, 0.05) is 12.6 Å². The summed E-state index contributed by atoms with van der Waals surface area (Å²) in [5.74, 6) is -1.94. The lowest BCUT2D eigenvalue weighted by atomic mass is 9.88. The molecule has 0 aromatic heterocycles. The van der Waals surface area contributed by atoms with Crippen LogP contribution in [0.25, 0.3) is 0 Å². The number of rotatable bonds is 5. The Labute approximate surface area is 137 Å². The van der Waals surface area contributed by atoms with Gasteiger partial charge in [-0.2, -0.15) is 0 Å². The Kier molecular flexibility index (Phi) is 5.77. The van der Waals surface area contributed by atoms with E-state index in [1.807, 2.05) is 31.2 Å². The summed E-state index contributed by atoms with van der Waals surface area (Å²) in [7, 11) is 0. The van der Waals surface area contributed by atoms with Crippen molar-refractivity contribution in [2.75, 3.05) is 6.61 Å². The molecule has 4 unspecified atom stereocenters. The highest BCUT2D eigenvalue weighted by molar-refractivity contribution is 5.81. The molecule has 2 N–H and O–H groups in total. The van der Waals surface area contributed by atoms with Crippen molar-refractivity contribution < 1.29 is 19.4 Å². The highest BCUT2D eigenvalue weighted by atomic mass is 16.5. The van der Waals surface area contributed by atoms with Gasteiger partial charge in [0.15, 0.2) is 0 Å². The molecule has 2 rings (SSSR count). The molecule has 1 heterocycles. The van der Waals surface area contributed by atoms with Crippen LogP contribution >= 0.6 is 0 Å². The zero-order valence-electron chi connectivity index (χ0n) is 13.9. The summed E-state index contributed by atoms with van der Waals surface area (Å²) in [6.07, 6.45) is 1.32. The standard InChI is InChI=1S/C18H25NO4/c1-11-6-8-14(9-7-11)16-15(5-4-10-23-16)17(20)19-13(3)12(2)18(21)22/h6-9,12-13,15-16H,4-5,10H2,1-3H3,(H,19,20)(H,21,22). The number of benzene rings is 1. The predicted octanol–water partition coefficient (Wildman–Crippen LogP) is 2.69. The minimum atomic E-state index is -0.909. The SMILES string of the molecule is Cc1ccc(C2OCCCC2C(=O)NC(C)C(C)C(=O)O)cc1. The minimum absolute atomic E-state index is 0.129. The predicted molar refractivity (Wildman–Crippen MR) is 87.0 cm³/mol. The molecule has 126 valence electrons. The van der Waals surface area contributed by atoms with Crippen LogP contribution in [-0.4, -0.2) is 29.6 Å². The molecule has 5 nitrogen and oxygen atoms in total. The van der Waals surface area contributed by atoms with Gasteiger partial charge in [0.1, 0.15) is 0 Å². The van der Waals surface area contributed by atoms with Gasteiger partial charge >= 0.3 is 5.97 Å². The summed E-state index contributed by atoms with van der Waals surface area (Å²) in [5.41, 5.74) is 2.16. The van der Waals surface area contributed by atoms with E-state index in [1.54, 1.807) is 13.8 Å². The van der Waals surface area contributed by atoms with Crippen molar-refractivity contribution >= 4 is 11.9 Å². The number of aryl methyl sites for hydroxylation is 1. The molecule has 1 amide bonds. The van der Waals surface area contributed by atoms with Gasteiger partial charge in [-0.3, -0.25) is 9.59 Å². The Balaban J connectivity index is 2.10. The van der Waals surface area contributed by atoms with E-state index in [-0.39, 0.29) is 17.9 Å². The number of amides is 1. The van der Waals surface area contributed by atoms with Crippen molar-refractivity contribution in [2.24, 2.45) is 11.8 Å². The number of aliphatic carboxylic acids is 1. The van der Waals surface area contributed by atoms with E-state index in [4.69, 9.17) is 9.84 Å². The summed E-state index contributed by atoms with van der Waals surface area (Å²) >= 11 is 0. The Bertz CT molecular complexity index is 555. The Hall–Kier alpha value is -1.88. The molecule has 5 heteroatoms. The summed E-state index contributed by atoms with van der Waals surface area (Å²) in [6, 6.07) is 7.60. The normalized spacial score (nSPS) is 23.8. The first-order valence-electron chi connectivity index (χ1n) is 8.11. The second-order valence-corrected chi connectivity index (χ2v) is 6.37. The van der Waals surface area contributed by atoms with E-state index in [0.29, 0.717) is 6.61 Å². The second-order valence-electron chi connectivity index (χ2n) is 6.37. The van der Waals surface area contributed by atoms with Crippen molar-refractivity contribution in [1.82, 2.24) is 5.32 Å². The van der Waals surface area contributed by atoms with Crippen LogP contribution in [0.4, 0.5) is 0 Å². The molecule has 1 fully saturated rings. The third-order valence-electron chi connectivity index (χ3n) is 4.57. The van der Waals surface area contributed by atoms with E-state index >= 15 is 0 Å². The number of hydrogen-bond acceptors (Lipinski definition) is 3. The van der Waals surface area contributed by atoms with E-state index in [9.17, 15) is 9.59 Å². The first kappa shape index (κ1) is 17.5. The van der Waals surface area contributed by atoms with Crippen molar-refractivity contribution in [1.29, 1.82) is 0 Å². The molecule has 0 radical (unpaired) electrons. The van der Waals surface area contributed by atoms with Crippen molar-refractivity contribution in [3.05, 3.63) is 35.4 Å². The number of carboxylic acids is 1. The number of carbonyl (C=O) groups is 2. The average molecular weight is 319 g/mol. The quantitative estimate of drug-likeness (QED) is 0.875. The Morgan fingerprint density at radius 2 is 1.91 bits per heavy atom. The third kappa shape index (κ3) is 4.32. The van der Waals surface area contributed by atoms with Gasteiger partial charge in [-0.05, 0) is 39.2 Å². The fraction of sp³-hybridized carbons (Fsp3) is 0.556. The molecule has 1 saturated heterocycles. The molecule has 23 heavy (non-hydrogen) atoms. The molecule has 1 aromatic carbocycles. The smallest absolute Gasteiger partial charge is 0.308 e. The van der Waals surface area contributed by atoms with E-state index in [2.05, 4.69) is 5.32 Å². The van der Waals surface area contributed by atoms with E-state index in [1.165, 1.54) is 0 Å². The fourth-order valence-electron chi connectivity index (χ4n) is 2.80. The molecule has 1 aliphatic heterocycles. The molecule has 4 atom stereocenters. The molecule has 0 aliphatic carbocycles. The van der Waals surface area contributed by atoms with Crippen molar-refractivity contribution in [2.45, 2.75) is 45.8 Å². The molecular formula is C18H25NO4. The maximum atomic E-state index is 12.6. The third-order valence-corrected chi connectivity index (χ3v) is 4.57.